The molecule has 218 valence electrons. The molecule has 0 aliphatic carbocycles. The largest absolute Gasteiger partial charge is 0.493 e. The molecular weight excluding hydrogens is 528 g/mol. The molecule has 1 heterocycles. The summed E-state index contributed by atoms with van der Waals surface area (Å²) in [6.45, 7) is 3.74. The van der Waals surface area contributed by atoms with Crippen molar-refractivity contribution in [2.24, 2.45) is 0 Å². The summed E-state index contributed by atoms with van der Waals surface area (Å²) >= 11 is 0. The van der Waals surface area contributed by atoms with Crippen molar-refractivity contribution in [2.75, 3.05) is 46.9 Å². The number of hydrogen-bond acceptors (Lipinski definition) is 10. The van der Waals surface area contributed by atoms with Crippen LogP contribution in [0.15, 0.2) is 29.2 Å². The Kier molecular flexibility index (Phi) is 11.1. The normalized spacial score (nSPS) is 18.0. The van der Waals surface area contributed by atoms with Gasteiger partial charge < -0.3 is 38.6 Å². The predicted molar refractivity (Wildman–Crippen MR) is 145 cm³/mol. The van der Waals surface area contributed by atoms with E-state index in [0.717, 1.165) is 5.56 Å². The van der Waals surface area contributed by atoms with E-state index in [-0.39, 0.29) is 42.3 Å². The van der Waals surface area contributed by atoms with Gasteiger partial charge in [0.25, 0.3) is 0 Å². The Labute approximate surface area is 230 Å². The van der Waals surface area contributed by atoms with E-state index in [1.54, 1.807) is 33.5 Å². The van der Waals surface area contributed by atoms with Gasteiger partial charge in [0.15, 0.2) is 32.8 Å². The first-order valence-corrected chi connectivity index (χ1v) is 14.7. The first-order chi connectivity index (χ1) is 18.7. The predicted octanol–water partition coefficient (Wildman–Crippen LogP) is 4.01. The highest BCUT2D eigenvalue weighted by atomic mass is 32.2. The average molecular weight is 569 g/mol. The zero-order chi connectivity index (χ0) is 28.6. The summed E-state index contributed by atoms with van der Waals surface area (Å²) in [5.74, 6) is 1.43. The molecule has 2 N–H and O–H groups in total. The van der Waals surface area contributed by atoms with Crippen LogP contribution < -0.4 is 23.7 Å². The summed E-state index contributed by atoms with van der Waals surface area (Å²) in [7, 11) is 0.718. The minimum Gasteiger partial charge on any atom is -0.493 e. The van der Waals surface area contributed by atoms with Gasteiger partial charge in [-0.25, -0.2) is 8.42 Å². The Hall–Kier alpha value is -2.73. The van der Waals surface area contributed by atoms with Crippen LogP contribution in [-0.2, 0) is 14.6 Å². The third kappa shape index (κ3) is 7.47. The third-order valence-corrected chi connectivity index (χ3v) is 8.19. The van der Waals surface area contributed by atoms with Gasteiger partial charge in [-0.05, 0) is 61.6 Å². The molecule has 3 rings (SSSR count). The maximum absolute atomic E-state index is 13.3. The molecular formula is C28H40O10S. The quantitative estimate of drug-likeness (QED) is 0.304. The van der Waals surface area contributed by atoms with Crippen LogP contribution in [-0.4, -0.2) is 71.6 Å². The van der Waals surface area contributed by atoms with Gasteiger partial charge in [0.1, 0.15) is 4.90 Å². The Morgan fingerprint density at radius 3 is 2.00 bits per heavy atom. The fourth-order valence-electron chi connectivity index (χ4n) is 4.54. The lowest BCUT2D eigenvalue weighted by Gasteiger charge is -2.21. The molecule has 0 aromatic heterocycles. The minimum absolute atomic E-state index is 0.0480. The second kappa shape index (κ2) is 14.1. The Morgan fingerprint density at radius 1 is 0.897 bits per heavy atom. The van der Waals surface area contributed by atoms with E-state index < -0.39 is 27.8 Å². The van der Waals surface area contributed by atoms with Crippen LogP contribution in [0.5, 0.6) is 28.7 Å². The highest BCUT2D eigenvalue weighted by molar-refractivity contribution is 7.91. The molecule has 1 saturated heterocycles. The Balaban J connectivity index is 2.03. The molecule has 0 unspecified atom stereocenters. The van der Waals surface area contributed by atoms with E-state index in [0.29, 0.717) is 48.5 Å². The molecule has 0 saturated carbocycles. The van der Waals surface area contributed by atoms with Gasteiger partial charge in [-0.2, -0.15) is 0 Å². The maximum Gasteiger partial charge on any atom is 0.203 e. The molecule has 2 aromatic carbocycles. The van der Waals surface area contributed by atoms with Gasteiger partial charge in [-0.3, -0.25) is 0 Å². The Bertz CT molecular complexity index is 1170. The number of methoxy groups -OCH3 is 3. The standard InChI is InChI=1S/C28H40O10S/c1-6-11-37-28-25(36-12-7-10-29)15-20(16-26(28)39(31,32)17-18(2)30)22-9-8-21(38-22)19-13-23(33-3)27(35-5)24(14-19)34-4/h13-16,18,21-22,29-30H,6-12,17H2,1-5H3/t18-,21-,22-/m0/s1. The maximum atomic E-state index is 13.3. The molecule has 39 heavy (non-hydrogen) atoms. The van der Waals surface area contributed by atoms with Crippen LogP contribution >= 0.6 is 0 Å². The summed E-state index contributed by atoms with van der Waals surface area (Å²) in [6, 6.07) is 6.99. The van der Waals surface area contributed by atoms with Crippen molar-refractivity contribution in [3.8, 4) is 28.7 Å². The van der Waals surface area contributed by atoms with Gasteiger partial charge in [-0.15, -0.1) is 0 Å². The SMILES string of the molecule is CCCOc1c(OCCCO)cc([C@@H]2CC[C@@H](c3cc(OC)c(OC)c(OC)c3)O2)cc1S(=O)(=O)C[C@H](C)O. The van der Waals surface area contributed by atoms with Crippen molar-refractivity contribution >= 4 is 9.84 Å². The van der Waals surface area contributed by atoms with E-state index in [1.165, 1.54) is 6.92 Å². The lowest BCUT2D eigenvalue weighted by molar-refractivity contribution is 0.0434. The highest BCUT2D eigenvalue weighted by Crippen LogP contribution is 2.48. The highest BCUT2D eigenvalue weighted by Gasteiger charge is 2.33. The van der Waals surface area contributed by atoms with Gasteiger partial charge >= 0.3 is 0 Å². The summed E-state index contributed by atoms with van der Waals surface area (Å²) in [4.78, 5) is -0.0480. The lowest BCUT2D eigenvalue weighted by atomic mass is 10.0. The molecule has 0 radical (unpaired) electrons. The number of aliphatic hydroxyl groups excluding tert-OH is 2. The summed E-state index contributed by atoms with van der Waals surface area (Å²) < 4.78 is 61.3. The molecule has 1 aliphatic rings. The molecule has 2 aromatic rings. The van der Waals surface area contributed by atoms with Crippen molar-refractivity contribution in [1.82, 2.24) is 0 Å². The zero-order valence-corrected chi connectivity index (χ0v) is 24.1. The van der Waals surface area contributed by atoms with Gasteiger partial charge in [0.2, 0.25) is 5.75 Å². The fraction of sp³-hybridized carbons (Fsp3) is 0.571. The molecule has 10 nitrogen and oxygen atoms in total. The molecule has 1 aliphatic heterocycles. The van der Waals surface area contributed by atoms with Gasteiger partial charge in [0, 0.05) is 13.0 Å². The van der Waals surface area contributed by atoms with Crippen LogP contribution in [0.4, 0.5) is 0 Å². The molecule has 11 heteroatoms. The monoisotopic (exact) mass is 568 g/mol. The van der Waals surface area contributed by atoms with Crippen LogP contribution in [0.25, 0.3) is 0 Å². The topological polar surface area (TPSA) is 130 Å². The third-order valence-electron chi connectivity index (χ3n) is 6.30. The molecule has 0 amide bonds. The first-order valence-electron chi connectivity index (χ1n) is 13.1. The summed E-state index contributed by atoms with van der Waals surface area (Å²) in [5, 5.41) is 19.1. The first kappa shape index (κ1) is 30.8. The number of rotatable bonds is 15. The van der Waals surface area contributed by atoms with Crippen molar-refractivity contribution in [2.45, 2.75) is 62.7 Å². The van der Waals surface area contributed by atoms with Crippen molar-refractivity contribution in [1.29, 1.82) is 0 Å². The van der Waals surface area contributed by atoms with Crippen molar-refractivity contribution < 1.29 is 47.1 Å². The summed E-state index contributed by atoms with van der Waals surface area (Å²) in [5.41, 5.74) is 1.47. The number of benzene rings is 2. The number of hydrogen-bond donors (Lipinski definition) is 2. The second-order valence-corrected chi connectivity index (χ2v) is 11.4. The van der Waals surface area contributed by atoms with E-state index in [1.807, 2.05) is 19.1 Å². The molecule has 0 bridgehead atoms. The molecule has 1 fully saturated rings. The van der Waals surface area contributed by atoms with Crippen LogP contribution in [0.1, 0.15) is 62.9 Å². The zero-order valence-electron chi connectivity index (χ0n) is 23.3. The molecule has 3 atom stereocenters. The lowest BCUT2D eigenvalue weighted by Crippen LogP contribution is -2.19. The number of aliphatic hydroxyl groups is 2. The van der Waals surface area contributed by atoms with Crippen LogP contribution in [0.3, 0.4) is 0 Å². The van der Waals surface area contributed by atoms with Gasteiger partial charge in [0.05, 0.1) is 58.6 Å². The van der Waals surface area contributed by atoms with E-state index >= 15 is 0 Å². The second-order valence-electron chi connectivity index (χ2n) is 9.40. The van der Waals surface area contributed by atoms with E-state index in [4.69, 9.17) is 28.4 Å². The smallest absolute Gasteiger partial charge is 0.203 e. The minimum atomic E-state index is -3.92. The van der Waals surface area contributed by atoms with Crippen molar-refractivity contribution in [3.05, 3.63) is 35.4 Å². The van der Waals surface area contributed by atoms with E-state index in [2.05, 4.69) is 0 Å². The van der Waals surface area contributed by atoms with Gasteiger partial charge in [-0.1, -0.05) is 6.92 Å². The number of ether oxygens (including phenoxy) is 6. The van der Waals surface area contributed by atoms with Crippen LogP contribution in [0, 0.1) is 0 Å². The van der Waals surface area contributed by atoms with Crippen molar-refractivity contribution in [3.63, 3.8) is 0 Å². The van der Waals surface area contributed by atoms with E-state index in [9.17, 15) is 18.6 Å². The van der Waals surface area contributed by atoms with Crippen LogP contribution in [0.2, 0.25) is 0 Å². The fourth-order valence-corrected chi connectivity index (χ4v) is 6.11. The molecule has 0 spiro atoms. The average Bonchev–Trinajstić information content (AvgIpc) is 3.41. The Morgan fingerprint density at radius 2 is 1.49 bits per heavy atom. The summed E-state index contributed by atoms with van der Waals surface area (Å²) in [6.07, 6.45) is 0.553. The number of sulfone groups is 1.